The maximum atomic E-state index is 14.5. The lowest BCUT2D eigenvalue weighted by Crippen LogP contribution is -2.58. The monoisotopic (exact) mass is 829 g/mol. The minimum atomic E-state index is -4.02. The third-order valence-electron chi connectivity index (χ3n) is 10.7. The number of benzene rings is 1. The Hall–Kier alpha value is -4.45. The number of aryl methyl sites for hydroxylation is 2. The van der Waals surface area contributed by atoms with Crippen molar-refractivity contribution in [3.8, 4) is 5.88 Å². The van der Waals surface area contributed by atoms with E-state index in [1.807, 2.05) is 12.2 Å². The predicted octanol–water partition coefficient (Wildman–Crippen LogP) is 3.68. The third kappa shape index (κ3) is 7.46. The lowest BCUT2D eigenvalue weighted by molar-refractivity contribution is -0.141. The molecule has 1 saturated heterocycles. The molecule has 7 rings (SSSR count). The number of nitrogens with zero attached hydrogens (tertiary/aromatic N) is 4. The van der Waals surface area contributed by atoms with Crippen molar-refractivity contribution in [3.05, 3.63) is 57.8 Å². The van der Waals surface area contributed by atoms with Crippen LogP contribution in [-0.2, 0) is 24.4 Å². The lowest BCUT2D eigenvalue weighted by atomic mass is 10.0. The maximum absolute atomic E-state index is 14.5. The van der Waals surface area contributed by atoms with Gasteiger partial charge in [-0.3, -0.25) is 23.9 Å². The number of sulfonamides is 1. The number of nitrogens with one attached hydrogen (secondary N) is 3. The van der Waals surface area contributed by atoms with Crippen LogP contribution in [0.1, 0.15) is 86.7 Å². The number of carbonyl (C=O) groups excluding carboxylic acids is 4. The molecule has 288 valence electrons. The number of hydrogen-bond acceptors (Lipinski definition) is 11. The smallest absolute Gasteiger partial charge is 0.274 e. The van der Waals surface area contributed by atoms with E-state index in [0.29, 0.717) is 47.1 Å². The Labute approximate surface area is 319 Å². The van der Waals surface area contributed by atoms with E-state index in [4.69, 9.17) is 9.26 Å². The summed E-state index contributed by atoms with van der Waals surface area (Å²) in [5.74, 6) is -3.21. The number of ether oxygens (including phenoxy) is 1. The van der Waals surface area contributed by atoms with Crippen LogP contribution in [0.25, 0.3) is 11.0 Å². The number of halogens is 2. The molecular formula is C36H41BrFN7O8S. The number of hydrogen-bond donors (Lipinski definition) is 3. The van der Waals surface area contributed by atoms with Crippen LogP contribution in [0.2, 0.25) is 0 Å². The van der Waals surface area contributed by atoms with E-state index >= 15 is 0 Å². The Kier molecular flexibility index (Phi) is 10.0. The highest BCUT2D eigenvalue weighted by atomic mass is 79.9. The van der Waals surface area contributed by atoms with Crippen molar-refractivity contribution < 1.29 is 41.2 Å². The molecule has 0 unspecified atom stereocenters. The Morgan fingerprint density at radius 2 is 1.91 bits per heavy atom. The Balaban J connectivity index is 1.20. The molecular weight excluding hydrogens is 789 g/mol. The van der Waals surface area contributed by atoms with Crippen LogP contribution >= 0.6 is 15.9 Å². The first-order valence-electron chi connectivity index (χ1n) is 18.0. The van der Waals surface area contributed by atoms with Crippen molar-refractivity contribution in [2.75, 3.05) is 6.54 Å². The van der Waals surface area contributed by atoms with Crippen molar-refractivity contribution in [3.63, 3.8) is 0 Å². The quantitative estimate of drug-likeness (QED) is 0.293. The molecule has 15 nitrogen and oxygen atoms in total. The van der Waals surface area contributed by atoms with Gasteiger partial charge in [-0.1, -0.05) is 30.2 Å². The van der Waals surface area contributed by atoms with Crippen LogP contribution in [0.4, 0.5) is 4.39 Å². The maximum Gasteiger partial charge on any atom is 0.274 e. The van der Waals surface area contributed by atoms with Gasteiger partial charge in [-0.2, -0.15) is 0 Å². The summed E-state index contributed by atoms with van der Waals surface area (Å²) in [4.78, 5) is 66.3. The van der Waals surface area contributed by atoms with E-state index in [9.17, 15) is 32.0 Å². The molecule has 0 spiro atoms. The van der Waals surface area contributed by atoms with Gasteiger partial charge >= 0.3 is 0 Å². The van der Waals surface area contributed by atoms with Gasteiger partial charge in [0.15, 0.2) is 5.69 Å². The second kappa shape index (κ2) is 14.3. The van der Waals surface area contributed by atoms with Crippen molar-refractivity contribution in [2.45, 2.75) is 107 Å². The Morgan fingerprint density at radius 3 is 2.63 bits per heavy atom. The molecule has 4 aliphatic rings. The Morgan fingerprint density at radius 1 is 1.13 bits per heavy atom. The molecule has 2 aromatic heterocycles. The minimum Gasteiger partial charge on any atom is -0.471 e. The van der Waals surface area contributed by atoms with Gasteiger partial charge in [0.05, 0.1) is 16.8 Å². The SMILES string of the molecule is Cc1cc(C(=O)N[C@H]2CCCCC/C=C\[C@@H]3C[C@@]3(C(=O)NS(=O)(=O)C3(C)CC3)NC(=O)[C@@H]3C[C@@H](Oc4nc5cc(F)cc(Br)c5nc4C)CN3C2=O)no1. The molecule has 2 saturated carbocycles. The van der Waals surface area contributed by atoms with Gasteiger partial charge < -0.3 is 24.8 Å². The standard InChI is InChI=1S/C36H41BrFN7O8S/c1-19-13-27(43-53-19)30(46)40-25-10-8-6-4-5-7-9-21-17-36(21,34(49)44-54(50,51)35(3)11-12-35)42-31(47)28-16-23(18-45(28)33(25)48)52-32-20(2)39-29-24(37)14-22(38)15-26(29)41-32/h7,9,13-15,21,23,25,28H,4-6,8,10-12,16-18H2,1-3H3,(H,40,46)(H,42,47)(H,44,49)/b9-7-/t21-,23-,25+,28+,36-/m1/s1. The average molecular weight is 831 g/mol. The molecule has 2 aliphatic heterocycles. The number of allylic oxidation sites excluding steroid dienone is 1. The van der Waals surface area contributed by atoms with Crippen molar-refractivity contribution in [2.24, 2.45) is 5.92 Å². The summed E-state index contributed by atoms with van der Waals surface area (Å²) in [6.45, 7) is 4.77. The summed E-state index contributed by atoms with van der Waals surface area (Å²) in [5.41, 5.74) is -0.530. The van der Waals surface area contributed by atoms with Gasteiger partial charge in [-0.25, -0.2) is 22.8 Å². The van der Waals surface area contributed by atoms with E-state index < -0.39 is 73.9 Å². The van der Waals surface area contributed by atoms with Gasteiger partial charge in [0.1, 0.15) is 46.5 Å². The van der Waals surface area contributed by atoms with E-state index in [-0.39, 0.29) is 42.9 Å². The fourth-order valence-electron chi connectivity index (χ4n) is 7.08. The van der Waals surface area contributed by atoms with Crippen LogP contribution in [0, 0.1) is 25.6 Å². The molecule has 0 bridgehead atoms. The second-order valence-electron chi connectivity index (χ2n) is 14.9. The average Bonchev–Trinajstić information content (AvgIpc) is 3.91. The van der Waals surface area contributed by atoms with Gasteiger partial charge in [-0.15, -0.1) is 0 Å². The van der Waals surface area contributed by atoms with Crippen LogP contribution in [-0.4, -0.2) is 87.1 Å². The van der Waals surface area contributed by atoms with Crippen molar-refractivity contribution in [1.29, 1.82) is 0 Å². The van der Waals surface area contributed by atoms with E-state index in [2.05, 4.69) is 46.4 Å². The molecule has 54 heavy (non-hydrogen) atoms. The molecule has 3 aromatic rings. The zero-order chi connectivity index (χ0) is 38.6. The number of aromatic nitrogens is 3. The van der Waals surface area contributed by atoms with Crippen molar-refractivity contribution >= 4 is 60.6 Å². The van der Waals surface area contributed by atoms with Gasteiger partial charge in [0.25, 0.3) is 11.8 Å². The largest absolute Gasteiger partial charge is 0.471 e. The highest BCUT2D eigenvalue weighted by Gasteiger charge is 2.63. The summed E-state index contributed by atoms with van der Waals surface area (Å²) in [6, 6.07) is 1.70. The molecule has 4 heterocycles. The van der Waals surface area contributed by atoms with Crippen LogP contribution < -0.4 is 20.1 Å². The summed E-state index contributed by atoms with van der Waals surface area (Å²) in [6.07, 6.45) is 6.90. The lowest BCUT2D eigenvalue weighted by Gasteiger charge is -2.30. The number of fused-ring (bicyclic) bond motifs is 3. The molecule has 2 aliphatic carbocycles. The molecule has 3 N–H and O–H groups in total. The fourth-order valence-corrected chi connectivity index (χ4v) is 8.90. The molecule has 5 atom stereocenters. The highest BCUT2D eigenvalue weighted by Crippen LogP contribution is 2.47. The normalized spacial score (nSPS) is 27.5. The van der Waals surface area contributed by atoms with E-state index in [0.717, 1.165) is 12.8 Å². The van der Waals surface area contributed by atoms with Gasteiger partial charge in [0, 0.05) is 28.9 Å². The second-order valence-corrected chi connectivity index (χ2v) is 18.0. The number of carbonyl (C=O) groups is 4. The summed E-state index contributed by atoms with van der Waals surface area (Å²) in [7, 11) is -4.02. The number of rotatable bonds is 7. The molecule has 1 aromatic carbocycles. The van der Waals surface area contributed by atoms with Crippen LogP contribution in [0.15, 0.2) is 39.3 Å². The first-order chi connectivity index (χ1) is 25.6. The minimum absolute atomic E-state index is 0.00517. The molecule has 18 heteroatoms. The van der Waals surface area contributed by atoms with E-state index in [1.54, 1.807) is 20.8 Å². The zero-order valence-corrected chi connectivity index (χ0v) is 32.4. The highest BCUT2D eigenvalue weighted by molar-refractivity contribution is 9.10. The molecule has 4 amide bonds. The van der Waals surface area contributed by atoms with E-state index in [1.165, 1.54) is 23.1 Å². The Bertz CT molecular complexity index is 2180. The van der Waals surface area contributed by atoms with Crippen LogP contribution in [0.5, 0.6) is 5.88 Å². The molecule has 0 radical (unpaired) electrons. The summed E-state index contributed by atoms with van der Waals surface area (Å²) in [5, 5.41) is 9.40. The van der Waals surface area contributed by atoms with Crippen molar-refractivity contribution in [1.82, 2.24) is 35.4 Å². The first-order valence-corrected chi connectivity index (χ1v) is 20.3. The predicted molar refractivity (Wildman–Crippen MR) is 195 cm³/mol. The fraction of sp³-hybridized carbons (Fsp3) is 0.528. The summed E-state index contributed by atoms with van der Waals surface area (Å²) >= 11 is 3.31. The third-order valence-corrected chi connectivity index (χ3v) is 13.5. The van der Waals surface area contributed by atoms with Gasteiger partial charge in [-0.05, 0) is 81.3 Å². The summed E-state index contributed by atoms with van der Waals surface area (Å²) < 4.78 is 53.4. The van der Waals surface area contributed by atoms with Gasteiger partial charge in [0.2, 0.25) is 27.7 Å². The zero-order valence-electron chi connectivity index (χ0n) is 30.0. The van der Waals surface area contributed by atoms with Crippen LogP contribution in [0.3, 0.4) is 0 Å². The number of amides is 4. The first kappa shape index (κ1) is 37.8. The molecule has 3 fully saturated rings. The topological polar surface area (TPSA) is 203 Å².